The van der Waals surface area contributed by atoms with Crippen molar-refractivity contribution in [2.24, 2.45) is 12.2 Å². The molecule has 6 nitrogen and oxygen atoms in total. The molecule has 1 heterocycles. The highest BCUT2D eigenvalue weighted by Gasteiger charge is 2.09. The lowest BCUT2D eigenvalue weighted by atomic mass is 10.1. The van der Waals surface area contributed by atoms with E-state index in [1.54, 1.807) is 24.3 Å². The number of rotatable bonds is 6. The van der Waals surface area contributed by atoms with Crippen LogP contribution >= 0.6 is 0 Å². The zero-order chi connectivity index (χ0) is 16.3. The molecule has 120 valence electrons. The van der Waals surface area contributed by atoms with Gasteiger partial charge < -0.3 is 5.32 Å². The van der Waals surface area contributed by atoms with E-state index >= 15 is 0 Å². The second kappa shape index (κ2) is 6.60. The quantitative estimate of drug-likeness (QED) is 0.777. The molecular formula is C15H22N4O2S. The summed E-state index contributed by atoms with van der Waals surface area (Å²) in [5, 5.41) is 12.9. The summed E-state index contributed by atoms with van der Waals surface area (Å²) < 4.78 is 24.3. The molecule has 0 bridgehead atoms. The van der Waals surface area contributed by atoms with Crippen LogP contribution in [0.15, 0.2) is 29.2 Å². The maximum absolute atomic E-state index is 11.2. The monoisotopic (exact) mass is 322 g/mol. The number of sulfonamides is 1. The zero-order valence-corrected chi connectivity index (χ0v) is 13.9. The topological polar surface area (TPSA) is 90.0 Å². The number of hydrogen-bond acceptors (Lipinski definition) is 4. The third kappa shape index (κ3) is 3.94. The predicted octanol–water partition coefficient (Wildman–Crippen LogP) is 1.02. The number of benzene rings is 1. The van der Waals surface area contributed by atoms with Crippen molar-refractivity contribution in [3.8, 4) is 0 Å². The van der Waals surface area contributed by atoms with Crippen molar-refractivity contribution < 1.29 is 8.42 Å². The lowest BCUT2D eigenvalue weighted by Crippen LogP contribution is -2.17. The number of aryl methyl sites for hydroxylation is 2. The molecule has 2 aromatic rings. The minimum absolute atomic E-state index is 0.144. The molecule has 0 saturated heterocycles. The molecule has 0 aliphatic carbocycles. The van der Waals surface area contributed by atoms with Crippen LogP contribution in [0.1, 0.15) is 22.5 Å². The van der Waals surface area contributed by atoms with Crippen molar-refractivity contribution in [1.82, 2.24) is 15.1 Å². The van der Waals surface area contributed by atoms with Crippen LogP contribution in [0.3, 0.4) is 0 Å². The van der Waals surface area contributed by atoms with Crippen molar-refractivity contribution in [2.45, 2.75) is 31.7 Å². The number of hydrogen-bond donors (Lipinski definition) is 2. The van der Waals surface area contributed by atoms with Gasteiger partial charge in [0.25, 0.3) is 0 Å². The maximum Gasteiger partial charge on any atom is 0.238 e. The van der Waals surface area contributed by atoms with E-state index in [-0.39, 0.29) is 4.90 Å². The Bertz CT molecular complexity index is 749. The normalized spacial score (nSPS) is 11.8. The fourth-order valence-corrected chi connectivity index (χ4v) is 2.88. The zero-order valence-electron chi connectivity index (χ0n) is 13.1. The summed E-state index contributed by atoms with van der Waals surface area (Å²) in [7, 11) is -1.67. The highest BCUT2D eigenvalue weighted by molar-refractivity contribution is 7.89. The van der Waals surface area contributed by atoms with Gasteiger partial charge in [-0.1, -0.05) is 12.1 Å². The fourth-order valence-electron chi connectivity index (χ4n) is 2.37. The van der Waals surface area contributed by atoms with E-state index in [4.69, 9.17) is 5.14 Å². The number of aromatic nitrogens is 2. The van der Waals surface area contributed by atoms with E-state index in [0.717, 1.165) is 30.8 Å². The largest absolute Gasteiger partial charge is 0.312 e. The third-order valence-electron chi connectivity index (χ3n) is 3.80. The summed E-state index contributed by atoms with van der Waals surface area (Å²) in [6.45, 7) is 5.66. The van der Waals surface area contributed by atoms with Gasteiger partial charge in [-0.3, -0.25) is 4.68 Å². The molecule has 0 aliphatic rings. The molecule has 1 aromatic carbocycles. The summed E-state index contributed by atoms with van der Waals surface area (Å²) in [5.74, 6) is 0. The Hall–Kier alpha value is -1.70. The summed E-state index contributed by atoms with van der Waals surface area (Å²) in [5.41, 5.74) is 4.51. The Labute approximate surface area is 131 Å². The molecule has 0 fully saturated rings. The van der Waals surface area contributed by atoms with Crippen LogP contribution in [0.2, 0.25) is 0 Å². The Balaban J connectivity index is 1.86. The Morgan fingerprint density at radius 1 is 1.23 bits per heavy atom. The van der Waals surface area contributed by atoms with Crippen LogP contribution in [-0.2, 0) is 30.0 Å². The van der Waals surface area contributed by atoms with Crippen molar-refractivity contribution >= 4 is 10.0 Å². The lowest BCUT2D eigenvalue weighted by Gasteiger charge is -2.06. The molecule has 0 saturated carbocycles. The molecule has 2 rings (SSSR count). The fraction of sp³-hybridized carbons (Fsp3) is 0.400. The van der Waals surface area contributed by atoms with E-state index < -0.39 is 10.0 Å². The van der Waals surface area contributed by atoms with Crippen LogP contribution in [0.4, 0.5) is 0 Å². The van der Waals surface area contributed by atoms with Gasteiger partial charge in [-0.05, 0) is 44.5 Å². The molecule has 0 unspecified atom stereocenters. The van der Waals surface area contributed by atoms with Gasteiger partial charge in [-0.25, -0.2) is 13.6 Å². The van der Waals surface area contributed by atoms with Gasteiger partial charge in [0.2, 0.25) is 10.0 Å². The highest BCUT2D eigenvalue weighted by atomic mass is 32.2. The first-order valence-electron chi connectivity index (χ1n) is 7.10. The van der Waals surface area contributed by atoms with Crippen LogP contribution < -0.4 is 10.5 Å². The molecule has 1 aromatic heterocycles. The Morgan fingerprint density at radius 2 is 1.86 bits per heavy atom. The molecule has 3 N–H and O–H groups in total. The van der Waals surface area contributed by atoms with Gasteiger partial charge in [0, 0.05) is 24.8 Å². The molecule has 0 amide bonds. The van der Waals surface area contributed by atoms with Crippen LogP contribution in [0, 0.1) is 13.8 Å². The van der Waals surface area contributed by atoms with Crippen LogP contribution in [0.25, 0.3) is 0 Å². The van der Waals surface area contributed by atoms with Gasteiger partial charge in [0.1, 0.15) is 0 Å². The highest BCUT2D eigenvalue weighted by Crippen LogP contribution is 2.12. The minimum Gasteiger partial charge on any atom is -0.312 e. The first-order valence-corrected chi connectivity index (χ1v) is 8.65. The Kier molecular flexibility index (Phi) is 5.00. The molecule has 22 heavy (non-hydrogen) atoms. The maximum atomic E-state index is 11.2. The van der Waals surface area contributed by atoms with Gasteiger partial charge in [-0.2, -0.15) is 5.10 Å². The standard InChI is InChI=1S/C15H22N4O2S/c1-11-15(12(2)19(3)18-11)10-17-9-8-13-4-6-14(7-5-13)22(16,20)21/h4-7,17H,8-10H2,1-3H3,(H2,16,20,21). The summed E-state index contributed by atoms with van der Waals surface area (Å²) in [4.78, 5) is 0.144. The predicted molar refractivity (Wildman–Crippen MR) is 85.9 cm³/mol. The number of nitrogens with zero attached hydrogens (tertiary/aromatic N) is 2. The van der Waals surface area contributed by atoms with Crippen molar-refractivity contribution in [3.63, 3.8) is 0 Å². The average Bonchev–Trinajstić information content (AvgIpc) is 2.69. The van der Waals surface area contributed by atoms with E-state index in [1.807, 2.05) is 18.7 Å². The van der Waals surface area contributed by atoms with Crippen molar-refractivity contribution in [1.29, 1.82) is 0 Å². The smallest absolute Gasteiger partial charge is 0.238 e. The molecular weight excluding hydrogens is 300 g/mol. The van der Waals surface area contributed by atoms with Gasteiger partial charge in [0.05, 0.1) is 10.6 Å². The van der Waals surface area contributed by atoms with Crippen LogP contribution in [0.5, 0.6) is 0 Å². The van der Waals surface area contributed by atoms with E-state index in [1.165, 1.54) is 11.3 Å². The molecule has 0 spiro atoms. The second-order valence-corrected chi connectivity index (χ2v) is 6.95. The first kappa shape index (κ1) is 16.7. The van der Waals surface area contributed by atoms with Crippen LogP contribution in [-0.4, -0.2) is 24.7 Å². The number of nitrogens with two attached hydrogens (primary N) is 1. The number of nitrogens with one attached hydrogen (secondary N) is 1. The third-order valence-corrected chi connectivity index (χ3v) is 4.73. The molecule has 0 aliphatic heterocycles. The number of primary sulfonamides is 1. The first-order chi connectivity index (χ1) is 10.3. The van der Waals surface area contributed by atoms with E-state index in [0.29, 0.717) is 0 Å². The summed E-state index contributed by atoms with van der Waals surface area (Å²) >= 11 is 0. The molecule has 0 radical (unpaired) electrons. The SMILES string of the molecule is Cc1nn(C)c(C)c1CNCCc1ccc(S(N)(=O)=O)cc1. The average molecular weight is 322 g/mol. The van der Waals surface area contributed by atoms with E-state index in [2.05, 4.69) is 17.3 Å². The molecule has 7 heteroatoms. The van der Waals surface area contributed by atoms with Crippen molar-refractivity contribution in [3.05, 3.63) is 46.8 Å². The Morgan fingerprint density at radius 3 is 2.36 bits per heavy atom. The molecule has 0 atom stereocenters. The summed E-state index contributed by atoms with van der Waals surface area (Å²) in [6.07, 6.45) is 0.823. The lowest BCUT2D eigenvalue weighted by molar-refractivity contribution is 0.597. The van der Waals surface area contributed by atoms with Gasteiger partial charge in [-0.15, -0.1) is 0 Å². The minimum atomic E-state index is -3.61. The van der Waals surface area contributed by atoms with Gasteiger partial charge in [0.15, 0.2) is 0 Å². The summed E-state index contributed by atoms with van der Waals surface area (Å²) in [6, 6.07) is 6.67. The second-order valence-electron chi connectivity index (χ2n) is 5.39. The van der Waals surface area contributed by atoms with E-state index in [9.17, 15) is 8.42 Å². The van der Waals surface area contributed by atoms with Gasteiger partial charge >= 0.3 is 0 Å². The van der Waals surface area contributed by atoms with Crippen molar-refractivity contribution in [2.75, 3.05) is 6.54 Å².